The molecule has 1 atom stereocenters. The predicted molar refractivity (Wildman–Crippen MR) is 110 cm³/mol. The van der Waals surface area contributed by atoms with Crippen LogP contribution < -0.4 is 10.6 Å². The molecule has 144 valence electrons. The van der Waals surface area contributed by atoms with Gasteiger partial charge in [0.05, 0.1) is 5.92 Å². The Bertz CT molecular complexity index is 767. The van der Waals surface area contributed by atoms with Crippen molar-refractivity contribution < 1.29 is 9.59 Å². The van der Waals surface area contributed by atoms with Crippen LogP contribution in [0.5, 0.6) is 0 Å². The zero-order valence-corrected chi connectivity index (χ0v) is 16.3. The Balaban J connectivity index is 0.00000261. The van der Waals surface area contributed by atoms with Crippen LogP contribution in [0.1, 0.15) is 24.5 Å². The Morgan fingerprint density at radius 2 is 1.81 bits per heavy atom. The van der Waals surface area contributed by atoms with Gasteiger partial charge in [-0.15, -0.1) is 12.4 Å². The van der Waals surface area contributed by atoms with Gasteiger partial charge in [0.2, 0.25) is 11.8 Å². The molecule has 1 aliphatic rings. The highest BCUT2D eigenvalue weighted by molar-refractivity contribution is 5.97. The smallest absolute Gasteiger partial charge is 0.229 e. The number of benzene rings is 2. The quantitative estimate of drug-likeness (QED) is 0.766. The Hall–Kier alpha value is -2.37. The number of anilines is 1. The topological polar surface area (TPSA) is 61.4 Å². The molecule has 2 amide bonds. The lowest BCUT2D eigenvalue weighted by Crippen LogP contribution is -2.28. The third-order valence-electron chi connectivity index (χ3n) is 4.64. The van der Waals surface area contributed by atoms with E-state index in [9.17, 15) is 9.59 Å². The molecule has 1 aliphatic heterocycles. The van der Waals surface area contributed by atoms with E-state index in [-0.39, 0.29) is 36.6 Å². The van der Waals surface area contributed by atoms with Gasteiger partial charge >= 0.3 is 0 Å². The summed E-state index contributed by atoms with van der Waals surface area (Å²) in [5, 5.41) is 6.28. The van der Waals surface area contributed by atoms with E-state index in [4.69, 9.17) is 0 Å². The molecule has 0 spiro atoms. The van der Waals surface area contributed by atoms with Crippen molar-refractivity contribution in [1.29, 1.82) is 0 Å². The first-order chi connectivity index (χ1) is 12.7. The molecule has 27 heavy (non-hydrogen) atoms. The summed E-state index contributed by atoms with van der Waals surface area (Å²) in [7, 11) is 0. The number of carbonyl (C=O) groups excluding carboxylic acids is 2. The zero-order chi connectivity index (χ0) is 18.4. The van der Waals surface area contributed by atoms with Gasteiger partial charge in [-0.2, -0.15) is 0 Å². The Morgan fingerprint density at radius 1 is 1.11 bits per heavy atom. The van der Waals surface area contributed by atoms with Gasteiger partial charge < -0.3 is 15.5 Å². The van der Waals surface area contributed by atoms with E-state index in [1.807, 2.05) is 61.5 Å². The van der Waals surface area contributed by atoms with Gasteiger partial charge in [-0.05, 0) is 23.7 Å². The molecule has 3 rings (SSSR count). The number of nitrogens with zero attached hydrogens (tertiary/aromatic N) is 1. The van der Waals surface area contributed by atoms with Crippen LogP contribution in [-0.4, -0.2) is 29.8 Å². The third kappa shape index (κ3) is 5.55. The van der Waals surface area contributed by atoms with Gasteiger partial charge in [0, 0.05) is 31.7 Å². The van der Waals surface area contributed by atoms with Crippen molar-refractivity contribution in [2.45, 2.75) is 26.4 Å². The van der Waals surface area contributed by atoms with Crippen molar-refractivity contribution in [3.8, 4) is 0 Å². The van der Waals surface area contributed by atoms with E-state index >= 15 is 0 Å². The van der Waals surface area contributed by atoms with Gasteiger partial charge in [-0.3, -0.25) is 9.59 Å². The SMILES string of the molecule is CCNCc1ccccc1NC(=O)C1CC(=O)N(Cc2ccccc2)C1.Cl. The molecule has 2 N–H and O–H groups in total. The highest BCUT2D eigenvalue weighted by atomic mass is 35.5. The highest BCUT2D eigenvalue weighted by Gasteiger charge is 2.34. The molecule has 5 nitrogen and oxygen atoms in total. The molecule has 0 aliphatic carbocycles. The summed E-state index contributed by atoms with van der Waals surface area (Å²) in [4.78, 5) is 26.7. The van der Waals surface area contributed by atoms with Gasteiger partial charge in [0.15, 0.2) is 0 Å². The second-order valence-electron chi connectivity index (χ2n) is 6.59. The van der Waals surface area contributed by atoms with E-state index in [1.54, 1.807) is 4.90 Å². The number of hydrogen-bond donors (Lipinski definition) is 2. The number of amides is 2. The van der Waals surface area contributed by atoms with Gasteiger partial charge in [-0.1, -0.05) is 55.5 Å². The normalized spacial score (nSPS) is 16.1. The highest BCUT2D eigenvalue weighted by Crippen LogP contribution is 2.23. The number of halogens is 1. The van der Waals surface area contributed by atoms with Gasteiger partial charge in [0.25, 0.3) is 0 Å². The molecule has 0 aromatic heterocycles. The Kier molecular flexibility index (Phi) is 7.82. The second-order valence-corrected chi connectivity index (χ2v) is 6.59. The number of nitrogens with one attached hydrogen (secondary N) is 2. The molecular formula is C21H26ClN3O2. The molecule has 1 unspecified atom stereocenters. The average Bonchev–Trinajstić information content (AvgIpc) is 3.02. The van der Waals surface area contributed by atoms with Crippen molar-refractivity contribution in [2.24, 2.45) is 5.92 Å². The summed E-state index contributed by atoms with van der Waals surface area (Å²) in [6, 6.07) is 17.6. The molecule has 1 fully saturated rings. The van der Waals surface area contributed by atoms with Crippen LogP contribution in [0.15, 0.2) is 54.6 Å². The fourth-order valence-corrected chi connectivity index (χ4v) is 3.20. The monoisotopic (exact) mass is 387 g/mol. The summed E-state index contributed by atoms with van der Waals surface area (Å²) in [5.41, 5.74) is 2.94. The molecular weight excluding hydrogens is 362 g/mol. The number of para-hydroxylation sites is 1. The van der Waals surface area contributed by atoms with E-state index in [1.165, 1.54) is 0 Å². The largest absolute Gasteiger partial charge is 0.338 e. The van der Waals surface area contributed by atoms with Crippen molar-refractivity contribution >= 4 is 29.9 Å². The molecule has 2 aromatic carbocycles. The molecule has 6 heteroatoms. The molecule has 2 aromatic rings. The molecule has 0 bridgehead atoms. The van der Waals surface area contributed by atoms with Gasteiger partial charge in [0.1, 0.15) is 0 Å². The van der Waals surface area contributed by atoms with Crippen LogP contribution in [0.4, 0.5) is 5.69 Å². The van der Waals surface area contributed by atoms with Crippen LogP contribution in [-0.2, 0) is 22.7 Å². The minimum Gasteiger partial charge on any atom is -0.338 e. The van der Waals surface area contributed by atoms with Crippen LogP contribution in [0.2, 0.25) is 0 Å². The second kappa shape index (κ2) is 10.1. The first kappa shape index (κ1) is 20.9. The van der Waals surface area contributed by atoms with Crippen molar-refractivity contribution in [2.75, 3.05) is 18.4 Å². The van der Waals surface area contributed by atoms with Crippen molar-refractivity contribution in [3.05, 3.63) is 65.7 Å². The van der Waals surface area contributed by atoms with E-state index in [2.05, 4.69) is 10.6 Å². The number of hydrogen-bond acceptors (Lipinski definition) is 3. The van der Waals surface area contributed by atoms with E-state index in [0.29, 0.717) is 19.6 Å². The summed E-state index contributed by atoms with van der Waals surface area (Å²) in [5.74, 6) is -0.355. The Labute approximate surface area is 166 Å². The van der Waals surface area contributed by atoms with Crippen LogP contribution >= 0.6 is 12.4 Å². The van der Waals surface area contributed by atoms with E-state index in [0.717, 1.165) is 23.4 Å². The Morgan fingerprint density at radius 3 is 2.56 bits per heavy atom. The summed E-state index contributed by atoms with van der Waals surface area (Å²) in [6.45, 7) is 4.65. The fraction of sp³-hybridized carbons (Fsp3) is 0.333. The maximum Gasteiger partial charge on any atom is 0.229 e. The number of likely N-dealkylation sites (tertiary alicyclic amines) is 1. The minimum atomic E-state index is -0.307. The fourth-order valence-electron chi connectivity index (χ4n) is 3.20. The summed E-state index contributed by atoms with van der Waals surface area (Å²) < 4.78 is 0. The first-order valence-electron chi connectivity index (χ1n) is 9.08. The van der Waals surface area contributed by atoms with Crippen molar-refractivity contribution in [1.82, 2.24) is 10.2 Å². The minimum absolute atomic E-state index is 0. The van der Waals surface area contributed by atoms with Crippen molar-refractivity contribution in [3.63, 3.8) is 0 Å². The lowest BCUT2D eigenvalue weighted by atomic mass is 10.1. The standard InChI is InChI=1S/C21H25N3O2.ClH/c1-2-22-13-17-10-6-7-11-19(17)23-21(26)18-12-20(25)24(15-18)14-16-8-4-3-5-9-16;/h3-11,18,22H,2,12-15H2,1H3,(H,23,26);1H. The van der Waals surface area contributed by atoms with Crippen LogP contribution in [0.3, 0.4) is 0 Å². The number of rotatable bonds is 7. The predicted octanol–water partition coefficient (Wildman–Crippen LogP) is 3.21. The van der Waals surface area contributed by atoms with E-state index < -0.39 is 0 Å². The molecule has 0 saturated carbocycles. The lowest BCUT2D eigenvalue weighted by Gasteiger charge is -2.17. The zero-order valence-electron chi connectivity index (χ0n) is 15.5. The number of carbonyl (C=O) groups is 2. The lowest BCUT2D eigenvalue weighted by molar-refractivity contribution is -0.128. The molecule has 0 radical (unpaired) electrons. The average molecular weight is 388 g/mol. The summed E-state index contributed by atoms with van der Waals surface area (Å²) >= 11 is 0. The van der Waals surface area contributed by atoms with Gasteiger partial charge in [-0.25, -0.2) is 0 Å². The molecule has 1 saturated heterocycles. The van der Waals surface area contributed by atoms with Crippen LogP contribution in [0.25, 0.3) is 0 Å². The summed E-state index contributed by atoms with van der Waals surface area (Å²) in [6.07, 6.45) is 0.272. The van der Waals surface area contributed by atoms with Crippen LogP contribution in [0, 0.1) is 5.92 Å². The maximum absolute atomic E-state index is 12.7. The maximum atomic E-state index is 12.7. The molecule has 1 heterocycles. The third-order valence-corrected chi connectivity index (χ3v) is 4.64. The first-order valence-corrected chi connectivity index (χ1v) is 9.08.